The average molecular weight is 229 g/mol. The van der Waals surface area contributed by atoms with Crippen molar-refractivity contribution >= 4 is 6.09 Å². The Morgan fingerprint density at radius 3 is 2.06 bits per heavy atom. The topological polar surface area (TPSA) is 49.8 Å². The van der Waals surface area contributed by atoms with Crippen LogP contribution in [0.2, 0.25) is 0 Å². The van der Waals surface area contributed by atoms with E-state index >= 15 is 0 Å². The summed E-state index contributed by atoms with van der Waals surface area (Å²) in [6, 6.07) is 0.0715. The zero-order chi connectivity index (χ0) is 12.5. The van der Waals surface area contributed by atoms with Gasteiger partial charge in [-0.15, -0.1) is 0 Å². The average Bonchev–Trinajstić information content (AvgIpc) is 1.96. The number of rotatable bonds is 0. The monoisotopic (exact) mass is 229 g/mol. The molecule has 0 aromatic carbocycles. The number of ether oxygens (including phenoxy) is 1. The van der Waals surface area contributed by atoms with E-state index < -0.39 is 5.60 Å². The van der Waals surface area contributed by atoms with Crippen molar-refractivity contribution in [2.24, 2.45) is 0 Å². The number of piperidine rings is 1. The van der Waals surface area contributed by atoms with Crippen LogP contribution in [-0.4, -0.2) is 39.9 Å². The van der Waals surface area contributed by atoms with Crippen molar-refractivity contribution in [3.05, 3.63) is 0 Å². The Balaban J connectivity index is 2.67. The molecule has 1 saturated heterocycles. The fourth-order valence-electron chi connectivity index (χ4n) is 2.22. The first-order valence-electron chi connectivity index (χ1n) is 5.90. The van der Waals surface area contributed by atoms with Crippen molar-refractivity contribution in [3.63, 3.8) is 0 Å². The zero-order valence-electron chi connectivity index (χ0n) is 10.9. The van der Waals surface area contributed by atoms with Crippen molar-refractivity contribution in [1.29, 1.82) is 0 Å². The molecule has 0 aromatic rings. The number of nitrogens with zero attached hydrogens (tertiary/aromatic N) is 1. The Labute approximate surface area is 97.6 Å². The Kier molecular flexibility index (Phi) is 3.84. The summed E-state index contributed by atoms with van der Waals surface area (Å²) in [4.78, 5) is 13.7. The lowest BCUT2D eigenvalue weighted by atomic mass is 9.95. The van der Waals surface area contributed by atoms with Crippen molar-refractivity contribution in [1.82, 2.24) is 4.90 Å². The Bertz CT molecular complexity index is 247. The summed E-state index contributed by atoms with van der Waals surface area (Å²) in [6.07, 6.45) is 0.677. The largest absolute Gasteiger partial charge is 0.444 e. The number of amides is 1. The third-order valence-corrected chi connectivity index (χ3v) is 2.78. The van der Waals surface area contributed by atoms with Gasteiger partial charge in [0, 0.05) is 12.1 Å². The minimum atomic E-state index is -0.466. The molecule has 1 rings (SSSR count). The van der Waals surface area contributed by atoms with Crippen LogP contribution >= 0.6 is 0 Å². The third kappa shape index (κ3) is 3.37. The number of aliphatic hydroxyl groups is 1. The minimum absolute atomic E-state index is 0.0357. The fourth-order valence-corrected chi connectivity index (χ4v) is 2.22. The van der Waals surface area contributed by atoms with Gasteiger partial charge in [-0.05, 0) is 47.5 Å². The van der Waals surface area contributed by atoms with E-state index in [2.05, 4.69) is 0 Å². The summed E-state index contributed by atoms with van der Waals surface area (Å²) in [5, 5.41) is 9.60. The lowest BCUT2D eigenvalue weighted by molar-refractivity contribution is -0.0223. The first-order valence-corrected chi connectivity index (χ1v) is 5.90. The van der Waals surface area contributed by atoms with Gasteiger partial charge < -0.3 is 14.7 Å². The number of hydrogen-bond donors (Lipinski definition) is 1. The molecule has 0 saturated carbocycles. The van der Waals surface area contributed by atoms with Crippen LogP contribution in [0.3, 0.4) is 0 Å². The van der Waals surface area contributed by atoms with Gasteiger partial charge in [0.25, 0.3) is 0 Å². The first kappa shape index (κ1) is 13.3. The number of likely N-dealkylation sites (tertiary alicyclic amines) is 1. The maximum atomic E-state index is 12.0. The second kappa shape index (κ2) is 4.62. The molecular weight excluding hydrogens is 206 g/mol. The predicted octanol–water partition coefficient (Wildman–Crippen LogP) is 2.16. The summed E-state index contributed by atoms with van der Waals surface area (Å²) in [7, 11) is 0. The van der Waals surface area contributed by atoms with Gasteiger partial charge in [-0.3, -0.25) is 0 Å². The molecule has 1 fully saturated rings. The number of aliphatic hydroxyl groups excluding tert-OH is 1. The van der Waals surface area contributed by atoms with Crippen LogP contribution in [0, 0.1) is 0 Å². The van der Waals surface area contributed by atoms with E-state index in [0.29, 0.717) is 12.8 Å². The SMILES string of the molecule is C[C@@H]1CC(O)C[C@H](C)N1C(=O)OC(C)(C)C. The number of carbonyl (C=O) groups is 1. The van der Waals surface area contributed by atoms with Gasteiger partial charge >= 0.3 is 6.09 Å². The maximum absolute atomic E-state index is 12.0. The molecule has 16 heavy (non-hydrogen) atoms. The van der Waals surface area contributed by atoms with Gasteiger partial charge in [-0.25, -0.2) is 4.79 Å². The molecule has 0 spiro atoms. The molecule has 4 nitrogen and oxygen atoms in total. The van der Waals surface area contributed by atoms with E-state index in [1.807, 2.05) is 34.6 Å². The van der Waals surface area contributed by atoms with Crippen LogP contribution in [0.4, 0.5) is 4.79 Å². The van der Waals surface area contributed by atoms with E-state index in [1.54, 1.807) is 4.90 Å². The van der Waals surface area contributed by atoms with E-state index in [9.17, 15) is 9.90 Å². The standard InChI is InChI=1S/C12H23NO3/c1-8-6-10(14)7-9(2)13(8)11(15)16-12(3,4)5/h8-10,14H,6-7H2,1-5H3/t8-,9+,10?. The number of carbonyl (C=O) groups excluding carboxylic acids is 1. The van der Waals surface area contributed by atoms with Gasteiger partial charge in [-0.1, -0.05) is 0 Å². The molecule has 1 aliphatic rings. The summed E-state index contributed by atoms with van der Waals surface area (Å²) in [5.41, 5.74) is -0.466. The van der Waals surface area contributed by atoms with Crippen LogP contribution in [0.25, 0.3) is 0 Å². The summed E-state index contributed by atoms with van der Waals surface area (Å²) >= 11 is 0. The quantitative estimate of drug-likeness (QED) is 0.692. The van der Waals surface area contributed by atoms with Crippen molar-refractivity contribution < 1.29 is 14.6 Å². The highest BCUT2D eigenvalue weighted by Crippen LogP contribution is 2.25. The number of hydrogen-bond acceptors (Lipinski definition) is 3. The second-order valence-corrected chi connectivity index (χ2v) is 5.71. The molecule has 1 N–H and O–H groups in total. The van der Waals surface area contributed by atoms with Crippen LogP contribution in [0.5, 0.6) is 0 Å². The predicted molar refractivity (Wildman–Crippen MR) is 62.2 cm³/mol. The van der Waals surface area contributed by atoms with Crippen molar-refractivity contribution in [3.8, 4) is 0 Å². The minimum Gasteiger partial charge on any atom is -0.444 e. The van der Waals surface area contributed by atoms with Crippen LogP contribution < -0.4 is 0 Å². The normalized spacial score (nSPS) is 31.4. The molecule has 0 aliphatic carbocycles. The zero-order valence-corrected chi connectivity index (χ0v) is 10.9. The Hall–Kier alpha value is -0.770. The van der Waals surface area contributed by atoms with Gasteiger partial charge in [-0.2, -0.15) is 0 Å². The highest BCUT2D eigenvalue weighted by molar-refractivity contribution is 5.69. The smallest absolute Gasteiger partial charge is 0.410 e. The van der Waals surface area contributed by atoms with Gasteiger partial charge in [0.15, 0.2) is 0 Å². The van der Waals surface area contributed by atoms with Crippen molar-refractivity contribution in [2.75, 3.05) is 0 Å². The molecule has 0 radical (unpaired) electrons. The highest BCUT2D eigenvalue weighted by atomic mass is 16.6. The second-order valence-electron chi connectivity index (χ2n) is 5.71. The lowest BCUT2D eigenvalue weighted by Crippen LogP contribution is -2.52. The van der Waals surface area contributed by atoms with Gasteiger partial charge in [0.05, 0.1) is 6.10 Å². The molecule has 4 heteroatoms. The van der Waals surface area contributed by atoms with Crippen LogP contribution in [0.1, 0.15) is 47.5 Å². The van der Waals surface area contributed by atoms with E-state index in [-0.39, 0.29) is 24.3 Å². The Morgan fingerprint density at radius 1 is 1.25 bits per heavy atom. The third-order valence-electron chi connectivity index (χ3n) is 2.78. The fraction of sp³-hybridized carbons (Fsp3) is 0.917. The first-order chi connectivity index (χ1) is 7.20. The molecule has 0 bridgehead atoms. The summed E-state index contributed by atoms with van der Waals surface area (Å²) < 4.78 is 5.36. The van der Waals surface area contributed by atoms with E-state index in [1.165, 1.54) is 0 Å². The summed E-state index contributed by atoms with van der Waals surface area (Å²) in [5.74, 6) is 0. The molecule has 1 heterocycles. The Morgan fingerprint density at radius 2 is 1.69 bits per heavy atom. The van der Waals surface area contributed by atoms with Gasteiger partial charge in [0.1, 0.15) is 5.60 Å². The summed E-state index contributed by atoms with van der Waals surface area (Å²) in [6.45, 7) is 9.47. The van der Waals surface area contributed by atoms with Crippen LogP contribution in [-0.2, 0) is 4.74 Å². The van der Waals surface area contributed by atoms with E-state index in [4.69, 9.17) is 4.74 Å². The van der Waals surface area contributed by atoms with Crippen LogP contribution in [0.15, 0.2) is 0 Å². The highest BCUT2D eigenvalue weighted by Gasteiger charge is 2.35. The molecule has 0 aromatic heterocycles. The molecule has 1 aliphatic heterocycles. The van der Waals surface area contributed by atoms with E-state index in [0.717, 1.165) is 0 Å². The molecule has 94 valence electrons. The lowest BCUT2D eigenvalue weighted by Gasteiger charge is -2.41. The molecule has 1 amide bonds. The van der Waals surface area contributed by atoms with Gasteiger partial charge in [0.2, 0.25) is 0 Å². The maximum Gasteiger partial charge on any atom is 0.410 e. The molecule has 3 atom stereocenters. The molecular formula is C12H23NO3. The van der Waals surface area contributed by atoms with Crippen molar-refractivity contribution in [2.45, 2.75) is 71.2 Å². The molecule has 1 unspecified atom stereocenters.